The van der Waals surface area contributed by atoms with Gasteiger partial charge in [0.05, 0.1) is 0 Å². The van der Waals surface area contributed by atoms with Crippen LogP contribution in [0, 0.1) is 5.82 Å². The van der Waals surface area contributed by atoms with Crippen LogP contribution in [0.1, 0.15) is 25.0 Å². The fourth-order valence-electron chi connectivity index (χ4n) is 2.45. The lowest BCUT2D eigenvalue weighted by Crippen LogP contribution is -2.42. The van der Waals surface area contributed by atoms with Crippen molar-refractivity contribution in [1.82, 2.24) is 4.90 Å². The van der Waals surface area contributed by atoms with Gasteiger partial charge in [0.2, 0.25) is 0 Å². The molecule has 0 amide bonds. The molecule has 3 nitrogen and oxygen atoms in total. The van der Waals surface area contributed by atoms with E-state index >= 15 is 0 Å². The first kappa shape index (κ1) is 16.0. The zero-order valence-corrected chi connectivity index (χ0v) is 13.1. The Kier molecular flexibility index (Phi) is 5.06. The van der Waals surface area contributed by atoms with Gasteiger partial charge in [-0.25, -0.2) is 9.18 Å². The van der Waals surface area contributed by atoms with Crippen molar-refractivity contribution in [3.05, 3.63) is 41.2 Å². The van der Waals surface area contributed by atoms with Crippen molar-refractivity contribution in [3.8, 4) is 0 Å². The van der Waals surface area contributed by atoms with Crippen LogP contribution in [0.15, 0.2) is 24.3 Å². The summed E-state index contributed by atoms with van der Waals surface area (Å²) in [6, 6.07) is 4.88. The molecular weight excluding hydrogens is 289 g/mol. The molecule has 0 aliphatic carbocycles. The summed E-state index contributed by atoms with van der Waals surface area (Å²) in [5.41, 5.74) is 1.22. The SMILES string of the molecule is CC1(C)CN(Cc2ccc(/C=C/C(=O)O)cc2F)CCS1. The van der Waals surface area contributed by atoms with Crippen LogP contribution < -0.4 is 0 Å². The molecule has 0 spiro atoms. The highest BCUT2D eigenvalue weighted by Crippen LogP contribution is 2.30. The van der Waals surface area contributed by atoms with E-state index in [0.29, 0.717) is 17.7 Å². The number of nitrogens with zero attached hydrogens (tertiary/aromatic N) is 1. The van der Waals surface area contributed by atoms with Crippen LogP contribution in [0.5, 0.6) is 0 Å². The molecule has 0 bridgehead atoms. The van der Waals surface area contributed by atoms with Crippen LogP contribution in [0.3, 0.4) is 0 Å². The van der Waals surface area contributed by atoms with Crippen molar-refractivity contribution < 1.29 is 14.3 Å². The van der Waals surface area contributed by atoms with Gasteiger partial charge >= 0.3 is 5.97 Å². The third-order valence-corrected chi connectivity index (χ3v) is 4.69. The van der Waals surface area contributed by atoms with Crippen LogP contribution >= 0.6 is 11.8 Å². The molecule has 2 rings (SSSR count). The number of carbonyl (C=O) groups is 1. The van der Waals surface area contributed by atoms with E-state index in [1.807, 2.05) is 11.8 Å². The van der Waals surface area contributed by atoms with Gasteiger partial charge < -0.3 is 5.11 Å². The lowest BCUT2D eigenvalue weighted by molar-refractivity contribution is -0.131. The number of halogens is 1. The van der Waals surface area contributed by atoms with Crippen LogP contribution in [0.25, 0.3) is 6.08 Å². The van der Waals surface area contributed by atoms with Gasteiger partial charge in [0.1, 0.15) is 5.82 Å². The van der Waals surface area contributed by atoms with E-state index in [-0.39, 0.29) is 10.6 Å². The minimum Gasteiger partial charge on any atom is -0.478 e. The number of benzene rings is 1. The molecule has 0 aromatic heterocycles. The Hall–Kier alpha value is -1.33. The van der Waals surface area contributed by atoms with E-state index in [0.717, 1.165) is 24.9 Å². The van der Waals surface area contributed by atoms with Crippen molar-refractivity contribution >= 4 is 23.8 Å². The molecular formula is C16H20FNO2S. The predicted octanol–water partition coefficient (Wildman–Crippen LogP) is 3.25. The van der Waals surface area contributed by atoms with Crippen molar-refractivity contribution in [2.75, 3.05) is 18.8 Å². The Balaban J connectivity index is 2.05. The van der Waals surface area contributed by atoms with Gasteiger partial charge in [0, 0.05) is 41.8 Å². The average Bonchev–Trinajstić information content (AvgIpc) is 2.38. The van der Waals surface area contributed by atoms with Crippen LogP contribution in [0.2, 0.25) is 0 Å². The maximum atomic E-state index is 14.1. The molecule has 0 saturated carbocycles. The molecule has 21 heavy (non-hydrogen) atoms. The molecule has 1 aliphatic heterocycles. The second kappa shape index (κ2) is 6.62. The Labute approximate surface area is 128 Å². The molecule has 1 N–H and O–H groups in total. The van der Waals surface area contributed by atoms with Crippen molar-refractivity contribution in [1.29, 1.82) is 0 Å². The quantitative estimate of drug-likeness (QED) is 0.867. The summed E-state index contributed by atoms with van der Waals surface area (Å²) in [5, 5.41) is 8.57. The van der Waals surface area contributed by atoms with Gasteiger partial charge in [-0.2, -0.15) is 11.8 Å². The second-order valence-electron chi connectivity index (χ2n) is 5.84. The summed E-state index contributed by atoms with van der Waals surface area (Å²) in [5.74, 6) is -0.250. The molecule has 1 heterocycles. The Morgan fingerprint density at radius 3 is 2.90 bits per heavy atom. The summed E-state index contributed by atoms with van der Waals surface area (Å²) >= 11 is 1.95. The summed E-state index contributed by atoms with van der Waals surface area (Å²) in [6.07, 6.45) is 2.41. The lowest BCUT2D eigenvalue weighted by atomic mass is 10.1. The number of carboxylic acids is 1. The van der Waals surface area contributed by atoms with Crippen molar-refractivity contribution in [2.45, 2.75) is 25.1 Å². The molecule has 114 valence electrons. The van der Waals surface area contributed by atoms with Gasteiger partial charge in [-0.05, 0) is 31.6 Å². The second-order valence-corrected chi connectivity index (χ2v) is 7.64. The molecule has 5 heteroatoms. The van der Waals surface area contributed by atoms with Gasteiger partial charge in [-0.15, -0.1) is 0 Å². The molecule has 0 atom stereocenters. The summed E-state index contributed by atoms with van der Waals surface area (Å²) in [4.78, 5) is 12.7. The third kappa shape index (κ3) is 4.86. The first-order valence-corrected chi connectivity index (χ1v) is 7.90. The fourth-order valence-corrected chi connectivity index (χ4v) is 3.63. The summed E-state index contributed by atoms with van der Waals surface area (Å²) in [6.45, 7) is 6.92. The minimum absolute atomic E-state index is 0.207. The van der Waals surface area contributed by atoms with Crippen LogP contribution in [-0.4, -0.2) is 39.6 Å². The number of hydrogen-bond donors (Lipinski definition) is 1. The van der Waals surface area contributed by atoms with Crippen molar-refractivity contribution in [3.63, 3.8) is 0 Å². The smallest absolute Gasteiger partial charge is 0.328 e. The highest BCUT2D eigenvalue weighted by molar-refractivity contribution is 8.00. The molecule has 1 fully saturated rings. The molecule has 0 unspecified atom stereocenters. The normalized spacial score (nSPS) is 19.0. The zero-order chi connectivity index (χ0) is 15.5. The first-order valence-electron chi connectivity index (χ1n) is 6.91. The van der Waals surface area contributed by atoms with Gasteiger partial charge in [0.15, 0.2) is 0 Å². The number of hydrogen-bond acceptors (Lipinski definition) is 3. The van der Waals surface area contributed by atoms with E-state index < -0.39 is 5.97 Å². The summed E-state index contributed by atoms with van der Waals surface area (Å²) < 4.78 is 14.3. The molecule has 0 radical (unpaired) electrons. The predicted molar refractivity (Wildman–Crippen MR) is 84.9 cm³/mol. The van der Waals surface area contributed by atoms with E-state index in [9.17, 15) is 9.18 Å². The molecule has 1 aromatic rings. The van der Waals surface area contributed by atoms with E-state index in [1.54, 1.807) is 12.1 Å². The van der Waals surface area contributed by atoms with E-state index in [4.69, 9.17) is 5.11 Å². The first-order chi connectivity index (χ1) is 9.85. The number of carboxylic acid groups (broad SMARTS) is 1. The van der Waals surface area contributed by atoms with E-state index in [2.05, 4.69) is 18.7 Å². The standard InChI is InChI=1S/C16H20FNO2S/c1-16(2)11-18(7-8-21-16)10-13-5-3-12(9-14(13)17)4-6-15(19)20/h3-6,9H,7-8,10-11H2,1-2H3,(H,19,20)/b6-4+. The largest absolute Gasteiger partial charge is 0.478 e. The van der Waals surface area contributed by atoms with Gasteiger partial charge in [0.25, 0.3) is 0 Å². The van der Waals surface area contributed by atoms with Crippen molar-refractivity contribution in [2.24, 2.45) is 0 Å². The molecule has 1 aromatic carbocycles. The Morgan fingerprint density at radius 1 is 1.52 bits per heavy atom. The van der Waals surface area contributed by atoms with Crippen LogP contribution in [-0.2, 0) is 11.3 Å². The number of aliphatic carboxylic acids is 1. The van der Waals surface area contributed by atoms with Crippen LogP contribution in [0.4, 0.5) is 4.39 Å². The van der Waals surface area contributed by atoms with Gasteiger partial charge in [-0.1, -0.05) is 12.1 Å². The number of thioether (sulfide) groups is 1. The maximum absolute atomic E-state index is 14.1. The highest BCUT2D eigenvalue weighted by atomic mass is 32.2. The minimum atomic E-state index is -1.03. The average molecular weight is 309 g/mol. The van der Waals surface area contributed by atoms with E-state index in [1.165, 1.54) is 12.1 Å². The Bertz CT molecular complexity index is 557. The topological polar surface area (TPSA) is 40.5 Å². The molecule has 1 saturated heterocycles. The Morgan fingerprint density at radius 2 is 2.29 bits per heavy atom. The molecule has 1 aliphatic rings. The lowest BCUT2D eigenvalue weighted by Gasteiger charge is -2.37. The third-order valence-electron chi connectivity index (χ3n) is 3.39. The highest BCUT2D eigenvalue weighted by Gasteiger charge is 2.27. The van der Waals surface area contributed by atoms with Gasteiger partial charge in [-0.3, -0.25) is 4.90 Å². The maximum Gasteiger partial charge on any atom is 0.328 e. The zero-order valence-electron chi connectivity index (χ0n) is 12.3. The summed E-state index contributed by atoms with van der Waals surface area (Å²) in [7, 11) is 0. The fraction of sp³-hybridized carbons (Fsp3) is 0.438. The number of rotatable bonds is 4. The monoisotopic (exact) mass is 309 g/mol.